The second-order valence-electron chi connectivity index (χ2n) is 4.80. The first-order chi connectivity index (χ1) is 10.5. The Morgan fingerprint density at radius 3 is 2.64 bits per heavy atom. The average molecular weight is 301 g/mol. The van der Waals surface area contributed by atoms with Crippen molar-refractivity contribution in [1.82, 2.24) is 15.0 Å². The maximum atomic E-state index is 14.2. The van der Waals surface area contributed by atoms with Gasteiger partial charge >= 0.3 is 0 Å². The number of anilines is 2. The van der Waals surface area contributed by atoms with Gasteiger partial charge in [-0.25, -0.2) is 18.7 Å². The molecule has 3 N–H and O–H groups in total. The van der Waals surface area contributed by atoms with E-state index in [9.17, 15) is 8.78 Å². The molecule has 3 aromatic rings. The van der Waals surface area contributed by atoms with Crippen LogP contribution in [-0.2, 0) is 0 Å². The fourth-order valence-electron chi connectivity index (χ4n) is 2.22. The quantitative estimate of drug-likeness (QED) is 0.712. The van der Waals surface area contributed by atoms with Crippen LogP contribution in [0, 0.1) is 18.6 Å². The summed E-state index contributed by atoms with van der Waals surface area (Å²) >= 11 is 0. The molecule has 3 rings (SSSR count). The fourth-order valence-corrected chi connectivity index (χ4v) is 2.22. The van der Waals surface area contributed by atoms with Crippen LogP contribution in [0.2, 0.25) is 0 Å². The minimum absolute atomic E-state index is 0.198. The third kappa shape index (κ3) is 2.20. The van der Waals surface area contributed by atoms with Gasteiger partial charge in [-0.05, 0) is 25.1 Å². The Balaban J connectivity index is 2.24. The number of nitrogens with one attached hydrogen (secondary N) is 1. The van der Waals surface area contributed by atoms with E-state index in [0.29, 0.717) is 28.2 Å². The number of nitrogen functional groups attached to an aromatic ring is 1. The van der Waals surface area contributed by atoms with Gasteiger partial charge in [0.05, 0.1) is 0 Å². The van der Waals surface area contributed by atoms with E-state index < -0.39 is 17.3 Å². The van der Waals surface area contributed by atoms with Gasteiger partial charge in [-0.1, -0.05) is 0 Å². The fraction of sp³-hybridized carbons (Fsp3) is 0.133. The van der Waals surface area contributed by atoms with Crippen LogP contribution in [0.1, 0.15) is 5.69 Å². The molecular weight excluding hydrogens is 288 g/mol. The highest BCUT2D eigenvalue weighted by Crippen LogP contribution is 2.31. The maximum Gasteiger partial charge on any atom is 0.224 e. The first-order valence-electron chi connectivity index (χ1n) is 6.57. The minimum Gasteiger partial charge on any atom is -0.394 e. The van der Waals surface area contributed by atoms with E-state index in [1.807, 2.05) is 0 Å². The third-order valence-corrected chi connectivity index (χ3v) is 3.40. The zero-order chi connectivity index (χ0) is 15.9. The zero-order valence-electron chi connectivity index (χ0n) is 12.0. The van der Waals surface area contributed by atoms with Crippen LogP contribution in [-0.4, -0.2) is 22.0 Å². The molecule has 0 aliphatic rings. The molecule has 0 fully saturated rings. The van der Waals surface area contributed by atoms with E-state index >= 15 is 0 Å². The second-order valence-corrected chi connectivity index (χ2v) is 4.80. The van der Waals surface area contributed by atoms with Crippen LogP contribution in [0.25, 0.3) is 22.2 Å². The van der Waals surface area contributed by atoms with Crippen molar-refractivity contribution in [2.75, 3.05) is 18.1 Å². The Bertz CT molecular complexity index is 879. The highest BCUT2D eigenvalue weighted by atomic mass is 19.1. The molecule has 0 unspecified atom stereocenters. The monoisotopic (exact) mass is 301 g/mol. The molecule has 1 aromatic carbocycles. The van der Waals surface area contributed by atoms with Crippen molar-refractivity contribution in [3.05, 3.63) is 41.7 Å². The van der Waals surface area contributed by atoms with Gasteiger partial charge in [-0.3, -0.25) is 0 Å². The first kappa shape index (κ1) is 14.1. The van der Waals surface area contributed by atoms with Gasteiger partial charge in [0.2, 0.25) is 5.95 Å². The molecule has 0 atom stereocenters. The number of fused-ring (bicyclic) bond motifs is 1. The Kier molecular flexibility index (Phi) is 3.32. The summed E-state index contributed by atoms with van der Waals surface area (Å²) in [5, 5.41) is 3.48. The smallest absolute Gasteiger partial charge is 0.224 e. The molecule has 0 bridgehead atoms. The van der Waals surface area contributed by atoms with Crippen molar-refractivity contribution in [2.24, 2.45) is 0 Å². The van der Waals surface area contributed by atoms with E-state index in [1.54, 1.807) is 26.2 Å². The van der Waals surface area contributed by atoms with E-state index in [1.165, 1.54) is 6.07 Å². The number of hydrogen-bond donors (Lipinski definition) is 2. The van der Waals surface area contributed by atoms with Crippen LogP contribution in [0.3, 0.4) is 0 Å². The van der Waals surface area contributed by atoms with E-state index in [4.69, 9.17) is 5.73 Å². The van der Waals surface area contributed by atoms with Gasteiger partial charge in [-0.15, -0.1) is 0 Å². The van der Waals surface area contributed by atoms with Crippen LogP contribution in [0.4, 0.5) is 20.4 Å². The number of hydrogen-bond acceptors (Lipinski definition) is 5. The molecule has 0 radical (unpaired) electrons. The normalized spacial score (nSPS) is 10.9. The number of aromatic nitrogens is 3. The Morgan fingerprint density at radius 1 is 1.14 bits per heavy atom. The summed E-state index contributed by atoms with van der Waals surface area (Å²) in [5.74, 6) is -1.13. The summed E-state index contributed by atoms with van der Waals surface area (Å²) in [6, 6.07) is 4.20. The lowest BCUT2D eigenvalue weighted by Crippen LogP contribution is -2.01. The molecule has 2 aromatic heterocycles. The van der Waals surface area contributed by atoms with Crippen molar-refractivity contribution < 1.29 is 8.78 Å². The van der Waals surface area contributed by atoms with Crippen molar-refractivity contribution in [1.29, 1.82) is 0 Å². The maximum absolute atomic E-state index is 14.2. The number of halogens is 2. The van der Waals surface area contributed by atoms with Crippen molar-refractivity contribution >= 4 is 22.7 Å². The van der Waals surface area contributed by atoms with Crippen LogP contribution in [0.5, 0.6) is 0 Å². The third-order valence-electron chi connectivity index (χ3n) is 3.40. The molecule has 7 heteroatoms. The molecule has 0 aliphatic heterocycles. The van der Waals surface area contributed by atoms with Gasteiger partial charge in [0, 0.05) is 35.5 Å². The largest absolute Gasteiger partial charge is 0.394 e. The highest BCUT2D eigenvalue weighted by Gasteiger charge is 2.15. The minimum atomic E-state index is -0.794. The van der Waals surface area contributed by atoms with Gasteiger partial charge < -0.3 is 11.1 Å². The summed E-state index contributed by atoms with van der Waals surface area (Å²) in [7, 11) is 1.71. The molecule has 0 amide bonds. The molecule has 0 aliphatic carbocycles. The summed E-state index contributed by atoms with van der Waals surface area (Å²) < 4.78 is 27.5. The van der Waals surface area contributed by atoms with Gasteiger partial charge in [0.1, 0.15) is 11.5 Å². The number of nitrogens with two attached hydrogens (primary N) is 1. The Labute approximate surface area is 125 Å². The Morgan fingerprint density at radius 2 is 1.91 bits per heavy atom. The number of pyridine rings is 1. The lowest BCUT2D eigenvalue weighted by molar-refractivity contribution is 0.594. The number of rotatable bonds is 2. The molecular formula is C15H13F2N5. The van der Waals surface area contributed by atoms with Gasteiger partial charge in [0.25, 0.3) is 0 Å². The van der Waals surface area contributed by atoms with Crippen molar-refractivity contribution in [3.8, 4) is 11.1 Å². The van der Waals surface area contributed by atoms with Crippen molar-refractivity contribution in [3.63, 3.8) is 0 Å². The molecule has 112 valence electrons. The molecule has 0 saturated carbocycles. The highest BCUT2D eigenvalue weighted by molar-refractivity contribution is 5.83. The van der Waals surface area contributed by atoms with Crippen LogP contribution < -0.4 is 11.1 Å². The number of aryl methyl sites for hydroxylation is 1. The molecule has 2 heterocycles. The number of nitrogens with zero attached hydrogens (tertiary/aromatic N) is 3. The second kappa shape index (κ2) is 5.18. The van der Waals surface area contributed by atoms with E-state index in [-0.39, 0.29) is 5.56 Å². The number of benzene rings is 1. The van der Waals surface area contributed by atoms with Gasteiger partial charge in [-0.2, -0.15) is 4.98 Å². The van der Waals surface area contributed by atoms with Crippen molar-refractivity contribution in [2.45, 2.75) is 6.92 Å². The van der Waals surface area contributed by atoms with Crippen LogP contribution >= 0.6 is 0 Å². The standard InChI is InChI=1S/C15H13F2N5/c1-7-10(9-3-4-11(16)13(18)12(9)17)5-8-6-20-15(19-2)22-14(8)21-7/h3-6H,18H2,1-2H3,(H,19,20,21,22). The summed E-state index contributed by atoms with van der Waals surface area (Å²) in [6.07, 6.45) is 1.59. The summed E-state index contributed by atoms with van der Waals surface area (Å²) in [4.78, 5) is 12.7. The zero-order valence-corrected chi connectivity index (χ0v) is 12.0. The predicted molar refractivity (Wildman–Crippen MR) is 81.4 cm³/mol. The summed E-state index contributed by atoms with van der Waals surface area (Å²) in [6.45, 7) is 1.73. The SMILES string of the molecule is CNc1ncc2cc(-c3ccc(F)c(N)c3F)c(C)nc2n1. The first-order valence-corrected chi connectivity index (χ1v) is 6.57. The Hall–Kier alpha value is -2.83. The lowest BCUT2D eigenvalue weighted by atomic mass is 10.0. The molecule has 0 spiro atoms. The van der Waals surface area contributed by atoms with Crippen LogP contribution in [0.15, 0.2) is 24.4 Å². The van der Waals surface area contributed by atoms with E-state index in [0.717, 1.165) is 6.07 Å². The average Bonchev–Trinajstić information content (AvgIpc) is 2.52. The molecule has 22 heavy (non-hydrogen) atoms. The van der Waals surface area contributed by atoms with E-state index in [2.05, 4.69) is 20.3 Å². The lowest BCUT2D eigenvalue weighted by Gasteiger charge is -2.10. The molecule has 0 saturated heterocycles. The summed E-state index contributed by atoms with van der Waals surface area (Å²) in [5.41, 5.74) is 6.70. The predicted octanol–water partition coefficient (Wildman–Crippen LogP) is 2.90. The van der Waals surface area contributed by atoms with Gasteiger partial charge in [0.15, 0.2) is 11.5 Å². The molecule has 5 nitrogen and oxygen atoms in total. The topological polar surface area (TPSA) is 76.7 Å².